The van der Waals surface area contributed by atoms with E-state index in [0.717, 1.165) is 0 Å². The molecule has 0 spiro atoms. The maximum Gasteiger partial charge on any atom is 0.167 e. The fourth-order valence-corrected chi connectivity index (χ4v) is 1.21. The highest BCUT2D eigenvalue weighted by molar-refractivity contribution is 5.31. The van der Waals surface area contributed by atoms with Gasteiger partial charge >= 0.3 is 0 Å². The van der Waals surface area contributed by atoms with Gasteiger partial charge in [0.05, 0.1) is 18.0 Å². The third kappa shape index (κ3) is 2.06. The van der Waals surface area contributed by atoms with Gasteiger partial charge in [-0.05, 0) is 0 Å². The van der Waals surface area contributed by atoms with Crippen molar-refractivity contribution in [2.24, 2.45) is 0 Å². The standard InChI is InChI=1S/C10H7F5O/c1-4(11)2-5-7(12)9(14)6(3-16)10(15)8(5)13/h16H,1-3H2. The zero-order valence-electron chi connectivity index (χ0n) is 7.96. The number of rotatable bonds is 3. The third-order valence-electron chi connectivity index (χ3n) is 1.97. The Bertz CT molecular complexity index is 412. The molecule has 0 fully saturated rings. The molecule has 16 heavy (non-hydrogen) atoms. The molecule has 0 saturated carbocycles. The van der Waals surface area contributed by atoms with Crippen LogP contribution in [0.5, 0.6) is 0 Å². The zero-order chi connectivity index (χ0) is 12.5. The first-order chi connectivity index (χ1) is 7.40. The molecule has 0 heterocycles. The maximum atomic E-state index is 13.1. The van der Waals surface area contributed by atoms with Crippen LogP contribution in [0, 0.1) is 23.3 Å². The van der Waals surface area contributed by atoms with Gasteiger partial charge in [-0.2, -0.15) is 0 Å². The smallest absolute Gasteiger partial charge is 0.167 e. The first kappa shape index (κ1) is 12.6. The molecule has 1 aromatic carbocycles. The summed E-state index contributed by atoms with van der Waals surface area (Å²) in [6.45, 7) is 1.55. The van der Waals surface area contributed by atoms with Crippen LogP contribution in [0.2, 0.25) is 0 Å². The van der Waals surface area contributed by atoms with Crippen LogP contribution in [0.1, 0.15) is 11.1 Å². The summed E-state index contributed by atoms with van der Waals surface area (Å²) in [5, 5.41) is 8.52. The molecular weight excluding hydrogens is 231 g/mol. The Kier molecular flexibility index (Phi) is 3.64. The van der Waals surface area contributed by atoms with Crippen LogP contribution in [0.3, 0.4) is 0 Å². The predicted molar refractivity (Wildman–Crippen MR) is 46.1 cm³/mol. The van der Waals surface area contributed by atoms with Crippen molar-refractivity contribution in [3.8, 4) is 0 Å². The quantitative estimate of drug-likeness (QED) is 0.634. The third-order valence-corrected chi connectivity index (χ3v) is 1.97. The van der Waals surface area contributed by atoms with Gasteiger partial charge < -0.3 is 5.11 Å². The fourth-order valence-electron chi connectivity index (χ4n) is 1.21. The van der Waals surface area contributed by atoms with E-state index in [1.54, 1.807) is 0 Å². The first-order valence-corrected chi connectivity index (χ1v) is 4.18. The van der Waals surface area contributed by atoms with Gasteiger partial charge in [0.15, 0.2) is 23.3 Å². The average Bonchev–Trinajstić information content (AvgIpc) is 2.22. The Morgan fingerprint density at radius 2 is 1.31 bits per heavy atom. The van der Waals surface area contributed by atoms with Crippen molar-refractivity contribution < 1.29 is 27.1 Å². The van der Waals surface area contributed by atoms with E-state index < -0.39 is 53.3 Å². The van der Waals surface area contributed by atoms with Gasteiger partial charge in [-0.15, -0.1) is 0 Å². The molecule has 1 rings (SSSR count). The highest BCUT2D eigenvalue weighted by Gasteiger charge is 2.24. The van der Waals surface area contributed by atoms with Crippen LogP contribution >= 0.6 is 0 Å². The number of aliphatic hydroxyl groups is 1. The Labute approximate surface area is 87.8 Å². The minimum atomic E-state index is -1.72. The Hall–Kier alpha value is -1.43. The summed E-state index contributed by atoms with van der Waals surface area (Å²) in [5.41, 5.74) is -2.21. The van der Waals surface area contributed by atoms with Crippen LogP contribution in [0.4, 0.5) is 22.0 Å². The van der Waals surface area contributed by atoms with Crippen LogP contribution in [0.25, 0.3) is 0 Å². The van der Waals surface area contributed by atoms with Gasteiger partial charge in [-0.25, -0.2) is 22.0 Å². The van der Waals surface area contributed by atoms with Crippen molar-refractivity contribution in [2.75, 3.05) is 0 Å². The second-order valence-electron chi connectivity index (χ2n) is 3.07. The van der Waals surface area contributed by atoms with Gasteiger partial charge in [0.2, 0.25) is 0 Å². The number of hydrogen-bond acceptors (Lipinski definition) is 1. The number of halogens is 5. The van der Waals surface area contributed by atoms with E-state index in [2.05, 4.69) is 6.58 Å². The molecular formula is C10H7F5O. The van der Waals surface area contributed by atoms with Gasteiger partial charge in [-0.3, -0.25) is 0 Å². The topological polar surface area (TPSA) is 20.2 Å². The molecule has 0 aliphatic carbocycles. The molecule has 1 aromatic rings. The normalized spacial score (nSPS) is 10.6. The summed E-state index contributed by atoms with van der Waals surface area (Å²) in [6, 6.07) is 0. The Balaban J connectivity index is 3.47. The fraction of sp³-hybridized carbons (Fsp3) is 0.200. The molecule has 0 radical (unpaired) electrons. The number of hydrogen-bond donors (Lipinski definition) is 1. The molecule has 0 aliphatic rings. The molecule has 0 aliphatic heterocycles. The summed E-state index contributed by atoms with van der Waals surface area (Å²) < 4.78 is 64.8. The lowest BCUT2D eigenvalue weighted by Gasteiger charge is -2.09. The van der Waals surface area contributed by atoms with Gasteiger partial charge in [0, 0.05) is 12.0 Å². The van der Waals surface area contributed by atoms with Gasteiger partial charge in [0.1, 0.15) is 0 Å². The number of aliphatic hydroxyl groups excluding tert-OH is 1. The molecule has 0 saturated heterocycles. The maximum absolute atomic E-state index is 13.1. The van der Waals surface area contributed by atoms with Crippen LogP contribution in [-0.2, 0) is 13.0 Å². The van der Waals surface area contributed by atoms with Crippen molar-refractivity contribution >= 4 is 0 Å². The van der Waals surface area contributed by atoms with E-state index in [-0.39, 0.29) is 0 Å². The lowest BCUT2D eigenvalue weighted by molar-refractivity contribution is 0.262. The highest BCUT2D eigenvalue weighted by atomic mass is 19.2. The minimum Gasteiger partial charge on any atom is -0.391 e. The minimum absolute atomic E-state index is 0.961. The predicted octanol–water partition coefficient (Wildman–Crippen LogP) is 2.76. The molecule has 88 valence electrons. The average molecular weight is 238 g/mol. The van der Waals surface area contributed by atoms with Crippen LogP contribution in [0.15, 0.2) is 12.4 Å². The largest absolute Gasteiger partial charge is 0.391 e. The Morgan fingerprint density at radius 1 is 0.938 bits per heavy atom. The molecule has 6 heteroatoms. The van der Waals surface area contributed by atoms with E-state index in [4.69, 9.17) is 5.11 Å². The van der Waals surface area contributed by atoms with Crippen molar-refractivity contribution in [2.45, 2.75) is 13.0 Å². The molecule has 0 amide bonds. The summed E-state index contributed by atoms with van der Waals surface area (Å²) in [5.74, 6) is -8.02. The van der Waals surface area contributed by atoms with Gasteiger partial charge in [-0.1, -0.05) is 6.58 Å². The van der Waals surface area contributed by atoms with Crippen LogP contribution in [-0.4, -0.2) is 5.11 Å². The second-order valence-corrected chi connectivity index (χ2v) is 3.07. The van der Waals surface area contributed by atoms with Crippen molar-refractivity contribution in [1.82, 2.24) is 0 Å². The highest BCUT2D eigenvalue weighted by Crippen LogP contribution is 2.25. The summed E-state index contributed by atoms with van der Waals surface area (Å²) in [4.78, 5) is 0. The van der Waals surface area contributed by atoms with E-state index in [9.17, 15) is 22.0 Å². The summed E-state index contributed by atoms with van der Waals surface area (Å²) in [7, 11) is 0. The lowest BCUT2D eigenvalue weighted by atomic mass is 10.1. The molecule has 1 nitrogen and oxygen atoms in total. The Morgan fingerprint density at radius 3 is 1.62 bits per heavy atom. The monoisotopic (exact) mass is 238 g/mol. The molecule has 0 aromatic heterocycles. The second kappa shape index (κ2) is 4.61. The van der Waals surface area contributed by atoms with Gasteiger partial charge in [0.25, 0.3) is 0 Å². The SMILES string of the molecule is C=C(F)Cc1c(F)c(F)c(CO)c(F)c1F. The van der Waals surface area contributed by atoms with E-state index >= 15 is 0 Å². The lowest BCUT2D eigenvalue weighted by Crippen LogP contribution is -2.08. The number of allylic oxidation sites excluding steroid dienone is 1. The van der Waals surface area contributed by atoms with Crippen molar-refractivity contribution in [1.29, 1.82) is 0 Å². The number of benzene rings is 1. The summed E-state index contributed by atoms with van der Waals surface area (Å²) in [6.07, 6.45) is -0.961. The summed E-state index contributed by atoms with van der Waals surface area (Å²) >= 11 is 0. The van der Waals surface area contributed by atoms with E-state index in [1.807, 2.05) is 0 Å². The molecule has 1 N–H and O–H groups in total. The molecule has 0 bridgehead atoms. The molecule has 0 unspecified atom stereocenters. The molecule has 0 atom stereocenters. The van der Waals surface area contributed by atoms with E-state index in [1.165, 1.54) is 0 Å². The van der Waals surface area contributed by atoms with E-state index in [0.29, 0.717) is 0 Å². The van der Waals surface area contributed by atoms with Crippen molar-refractivity contribution in [3.05, 3.63) is 46.8 Å². The first-order valence-electron chi connectivity index (χ1n) is 4.18. The zero-order valence-corrected chi connectivity index (χ0v) is 7.96. The van der Waals surface area contributed by atoms with Crippen LogP contribution < -0.4 is 0 Å². The van der Waals surface area contributed by atoms with Crippen molar-refractivity contribution in [3.63, 3.8) is 0 Å².